The largest absolute Gasteiger partial charge is 0.395 e. The maximum atomic E-state index is 13.9. The van der Waals surface area contributed by atoms with Crippen LogP contribution in [0.4, 0.5) is 4.39 Å². The van der Waals surface area contributed by atoms with Crippen molar-refractivity contribution in [2.75, 3.05) is 6.61 Å². The van der Waals surface area contributed by atoms with E-state index in [1.165, 1.54) is 17.8 Å². The molecule has 0 saturated heterocycles. The van der Waals surface area contributed by atoms with Crippen molar-refractivity contribution >= 4 is 11.8 Å². The predicted octanol–water partition coefficient (Wildman–Crippen LogP) is 3.19. The Hall–Kier alpha value is -0.580. The van der Waals surface area contributed by atoms with Gasteiger partial charge >= 0.3 is 0 Å². The van der Waals surface area contributed by atoms with E-state index in [0.717, 1.165) is 4.90 Å². The summed E-state index contributed by atoms with van der Waals surface area (Å²) in [6, 6.07) is 5.09. The average molecular weight is 271 g/mol. The van der Waals surface area contributed by atoms with Crippen molar-refractivity contribution in [1.29, 1.82) is 0 Å². The molecule has 0 aromatic heterocycles. The summed E-state index contributed by atoms with van der Waals surface area (Å²) in [6.07, 6.45) is 0. The van der Waals surface area contributed by atoms with Crippen LogP contribution < -0.4 is 5.32 Å². The second-order valence-corrected chi connectivity index (χ2v) is 6.91. The summed E-state index contributed by atoms with van der Waals surface area (Å²) in [7, 11) is 0. The highest BCUT2D eigenvalue weighted by Gasteiger charge is 2.15. The van der Waals surface area contributed by atoms with Gasteiger partial charge in [0.25, 0.3) is 0 Å². The van der Waals surface area contributed by atoms with E-state index >= 15 is 0 Å². The van der Waals surface area contributed by atoms with Gasteiger partial charge in [-0.05, 0) is 32.9 Å². The molecule has 1 rings (SSSR count). The van der Waals surface area contributed by atoms with Crippen molar-refractivity contribution in [3.63, 3.8) is 0 Å². The highest BCUT2D eigenvalue weighted by atomic mass is 32.2. The summed E-state index contributed by atoms with van der Waals surface area (Å²) in [5, 5.41) is 12.4. The second kappa shape index (κ2) is 6.55. The van der Waals surface area contributed by atoms with Crippen LogP contribution in [0, 0.1) is 5.82 Å². The number of benzene rings is 1. The van der Waals surface area contributed by atoms with Crippen molar-refractivity contribution in [2.24, 2.45) is 0 Å². The first-order chi connectivity index (χ1) is 8.33. The fraction of sp³-hybridized carbons (Fsp3) is 0.571. The summed E-state index contributed by atoms with van der Waals surface area (Å²) in [5.74, 6) is -0.193. The molecule has 0 aliphatic carbocycles. The Morgan fingerprint density at radius 2 is 2.06 bits per heavy atom. The first-order valence-electron chi connectivity index (χ1n) is 6.13. The molecule has 18 heavy (non-hydrogen) atoms. The zero-order valence-electron chi connectivity index (χ0n) is 11.5. The zero-order valence-corrected chi connectivity index (χ0v) is 12.3. The lowest BCUT2D eigenvalue weighted by Gasteiger charge is -2.22. The van der Waals surface area contributed by atoms with E-state index in [9.17, 15) is 4.39 Å². The standard InChI is InChI=1S/C14H22FNOS/c1-10(9-17)18-13-7-5-6-12(15)11(13)8-16-14(2,3)4/h5-7,10,16-17H,8-9H2,1-4H3. The summed E-state index contributed by atoms with van der Waals surface area (Å²) >= 11 is 1.50. The summed E-state index contributed by atoms with van der Waals surface area (Å²) < 4.78 is 13.9. The van der Waals surface area contributed by atoms with Crippen LogP contribution in [0.3, 0.4) is 0 Å². The Kier molecular flexibility index (Phi) is 5.63. The third-order valence-corrected chi connectivity index (χ3v) is 3.64. The number of hydrogen-bond acceptors (Lipinski definition) is 3. The van der Waals surface area contributed by atoms with Gasteiger partial charge < -0.3 is 10.4 Å². The molecule has 2 nitrogen and oxygen atoms in total. The molecule has 0 amide bonds. The van der Waals surface area contributed by atoms with Crippen LogP contribution in [-0.4, -0.2) is 22.5 Å². The second-order valence-electron chi connectivity index (χ2n) is 5.43. The molecule has 1 aromatic rings. The third kappa shape index (κ3) is 4.96. The van der Waals surface area contributed by atoms with Crippen LogP contribution in [0.15, 0.2) is 23.1 Å². The molecule has 0 spiro atoms. The molecule has 102 valence electrons. The van der Waals surface area contributed by atoms with Crippen molar-refractivity contribution < 1.29 is 9.50 Å². The molecule has 0 fully saturated rings. The fourth-order valence-corrected chi connectivity index (χ4v) is 2.41. The number of aliphatic hydroxyl groups excluding tert-OH is 1. The Morgan fingerprint density at radius 1 is 1.39 bits per heavy atom. The van der Waals surface area contributed by atoms with Crippen molar-refractivity contribution in [2.45, 2.75) is 49.9 Å². The van der Waals surface area contributed by atoms with E-state index in [1.54, 1.807) is 6.07 Å². The van der Waals surface area contributed by atoms with Crippen LogP contribution in [0.2, 0.25) is 0 Å². The van der Waals surface area contributed by atoms with E-state index in [1.807, 2.05) is 13.0 Å². The fourth-order valence-electron chi connectivity index (χ4n) is 1.43. The van der Waals surface area contributed by atoms with Gasteiger partial charge in [0, 0.05) is 27.8 Å². The van der Waals surface area contributed by atoms with Gasteiger partial charge in [-0.15, -0.1) is 11.8 Å². The van der Waals surface area contributed by atoms with Crippen molar-refractivity contribution in [3.8, 4) is 0 Å². The maximum Gasteiger partial charge on any atom is 0.128 e. The Morgan fingerprint density at radius 3 is 2.61 bits per heavy atom. The van der Waals surface area contributed by atoms with E-state index in [-0.39, 0.29) is 23.2 Å². The number of thioether (sulfide) groups is 1. The number of aliphatic hydroxyl groups is 1. The highest BCUT2D eigenvalue weighted by Crippen LogP contribution is 2.28. The third-order valence-electron chi connectivity index (χ3n) is 2.46. The number of nitrogens with one attached hydrogen (secondary N) is 1. The molecule has 0 saturated carbocycles. The van der Waals surface area contributed by atoms with Gasteiger partial charge in [0.1, 0.15) is 5.82 Å². The number of rotatable bonds is 5. The predicted molar refractivity (Wildman–Crippen MR) is 75.4 cm³/mol. The van der Waals surface area contributed by atoms with E-state index in [4.69, 9.17) is 5.11 Å². The summed E-state index contributed by atoms with van der Waals surface area (Å²) in [4.78, 5) is 0.897. The van der Waals surface area contributed by atoms with E-state index < -0.39 is 0 Å². The van der Waals surface area contributed by atoms with Crippen LogP contribution >= 0.6 is 11.8 Å². The zero-order chi connectivity index (χ0) is 13.8. The number of halogens is 1. The first kappa shape index (κ1) is 15.5. The molecule has 0 bridgehead atoms. The minimum Gasteiger partial charge on any atom is -0.395 e. The Bertz CT molecular complexity index is 390. The molecular formula is C14H22FNOS. The van der Waals surface area contributed by atoms with E-state index in [2.05, 4.69) is 26.1 Å². The normalized spacial score (nSPS) is 13.7. The SMILES string of the molecule is CC(CO)Sc1cccc(F)c1CNC(C)(C)C. The van der Waals surface area contributed by atoms with Crippen LogP contribution in [0.1, 0.15) is 33.3 Å². The van der Waals surface area contributed by atoms with Crippen molar-refractivity contribution in [1.82, 2.24) is 5.32 Å². The van der Waals surface area contributed by atoms with Crippen LogP contribution in [0.5, 0.6) is 0 Å². The minimum absolute atomic E-state index is 0.0488. The monoisotopic (exact) mass is 271 g/mol. The topological polar surface area (TPSA) is 32.3 Å². The van der Waals surface area contributed by atoms with Gasteiger partial charge in [-0.1, -0.05) is 13.0 Å². The van der Waals surface area contributed by atoms with Gasteiger partial charge in [-0.25, -0.2) is 4.39 Å². The van der Waals surface area contributed by atoms with Gasteiger partial charge in [0.15, 0.2) is 0 Å². The molecule has 0 aliphatic heterocycles. The van der Waals surface area contributed by atoms with E-state index in [0.29, 0.717) is 12.1 Å². The molecular weight excluding hydrogens is 249 g/mol. The van der Waals surface area contributed by atoms with Gasteiger partial charge in [-0.3, -0.25) is 0 Å². The Labute approximate surface area is 113 Å². The molecule has 1 atom stereocenters. The first-order valence-corrected chi connectivity index (χ1v) is 7.01. The van der Waals surface area contributed by atoms with Gasteiger partial charge in [-0.2, -0.15) is 0 Å². The average Bonchev–Trinajstić information content (AvgIpc) is 2.26. The highest BCUT2D eigenvalue weighted by molar-refractivity contribution is 8.00. The van der Waals surface area contributed by atoms with Crippen LogP contribution in [0.25, 0.3) is 0 Å². The lowest BCUT2D eigenvalue weighted by atomic mass is 10.1. The molecule has 0 heterocycles. The van der Waals surface area contributed by atoms with Crippen molar-refractivity contribution in [3.05, 3.63) is 29.6 Å². The molecule has 1 unspecified atom stereocenters. The molecule has 1 aromatic carbocycles. The molecule has 0 radical (unpaired) electrons. The lowest BCUT2D eigenvalue weighted by molar-refractivity contribution is 0.300. The summed E-state index contributed by atoms with van der Waals surface area (Å²) in [5.41, 5.74) is 0.630. The van der Waals surface area contributed by atoms with Crippen LogP contribution in [-0.2, 0) is 6.54 Å². The smallest absolute Gasteiger partial charge is 0.128 e. The number of hydrogen-bond donors (Lipinski definition) is 2. The molecule has 0 aliphatic rings. The summed E-state index contributed by atoms with van der Waals surface area (Å²) in [6.45, 7) is 8.67. The van der Waals surface area contributed by atoms with Gasteiger partial charge in [0.2, 0.25) is 0 Å². The quantitative estimate of drug-likeness (QED) is 0.807. The Balaban J connectivity index is 2.87. The molecule has 4 heteroatoms. The minimum atomic E-state index is -0.193. The maximum absolute atomic E-state index is 13.9. The lowest BCUT2D eigenvalue weighted by Crippen LogP contribution is -2.35. The molecule has 2 N–H and O–H groups in total. The van der Waals surface area contributed by atoms with Gasteiger partial charge in [0.05, 0.1) is 6.61 Å².